The number of hydrazine groups is 3. The van der Waals surface area contributed by atoms with E-state index >= 15 is 0 Å². The summed E-state index contributed by atoms with van der Waals surface area (Å²) in [6, 6.07) is 0. The molecule has 0 spiro atoms. The number of rotatable bonds is 15. The summed E-state index contributed by atoms with van der Waals surface area (Å²) in [5.74, 6) is -10.7. The molecule has 3 saturated heterocycles. The Bertz CT molecular complexity index is 2420. The quantitative estimate of drug-likeness (QED) is 0.135. The predicted octanol–water partition coefficient (Wildman–Crippen LogP) is 4.06. The minimum absolute atomic E-state index is 0.0613. The smallest absolute Gasteiger partial charge is 0.309 e. The van der Waals surface area contributed by atoms with Crippen molar-refractivity contribution >= 4 is 71.1 Å². The minimum Gasteiger partial charge on any atom is -0.481 e. The summed E-state index contributed by atoms with van der Waals surface area (Å²) >= 11 is 0. The molecule has 0 radical (unpaired) electrons. The van der Waals surface area contributed by atoms with Gasteiger partial charge in [-0.2, -0.15) is 15.0 Å². The van der Waals surface area contributed by atoms with Crippen molar-refractivity contribution in [3.63, 3.8) is 0 Å². The average Bonchev–Trinajstić information content (AvgIpc) is 3.28. The summed E-state index contributed by atoms with van der Waals surface area (Å²) in [7, 11) is 0. The highest BCUT2D eigenvalue weighted by molar-refractivity contribution is 6.08. The summed E-state index contributed by atoms with van der Waals surface area (Å²) in [6.45, 7) is 19.2. The van der Waals surface area contributed by atoms with E-state index in [1.54, 1.807) is 62.3 Å². The van der Waals surface area contributed by atoms with Gasteiger partial charge in [-0.1, -0.05) is 62.3 Å². The second-order valence-corrected chi connectivity index (χ2v) is 25.5. The molecule has 1 aromatic rings. The van der Waals surface area contributed by atoms with E-state index < -0.39 is 139 Å². The Labute approximate surface area is 435 Å². The number of imide groups is 3. The number of hydrogen-bond acceptors (Lipinski definition) is 12. The molecule has 0 aromatic heterocycles. The number of aliphatic carboxylic acids is 3. The van der Waals surface area contributed by atoms with Gasteiger partial charge in [0.1, 0.15) is 0 Å². The first-order valence-corrected chi connectivity index (χ1v) is 25.8. The van der Waals surface area contributed by atoms with Crippen LogP contribution in [0.15, 0.2) is 0 Å². The topological polar surface area (TPSA) is 311 Å². The maximum Gasteiger partial charge on any atom is 0.309 e. The van der Waals surface area contributed by atoms with Crippen molar-refractivity contribution in [1.82, 2.24) is 31.3 Å². The van der Waals surface area contributed by atoms with Crippen LogP contribution in [0.25, 0.3) is 0 Å². The van der Waals surface area contributed by atoms with Crippen molar-refractivity contribution < 1.29 is 72.9 Å². The van der Waals surface area contributed by atoms with Crippen molar-refractivity contribution in [2.45, 2.75) is 179 Å². The van der Waals surface area contributed by atoms with Crippen LogP contribution in [0.2, 0.25) is 0 Å². The highest BCUT2D eigenvalue weighted by Crippen LogP contribution is 2.61. The molecule has 21 nitrogen and oxygen atoms in total. The average molecular weight is 1050 g/mol. The molecule has 6 N–H and O–H groups in total. The van der Waals surface area contributed by atoms with E-state index in [1.807, 2.05) is 0 Å². The maximum absolute atomic E-state index is 14.5. The fraction of sp³-hybridized carbons (Fsp3) is 0.667. The second kappa shape index (κ2) is 18.1. The van der Waals surface area contributed by atoms with E-state index in [-0.39, 0.29) is 77.0 Å². The van der Waals surface area contributed by atoms with Gasteiger partial charge in [-0.15, -0.1) is 0 Å². The van der Waals surface area contributed by atoms with E-state index in [1.165, 1.54) is 20.8 Å². The first-order valence-electron chi connectivity index (χ1n) is 25.8. The zero-order valence-electron chi connectivity index (χ0n) is 45.2. The van der Waals surface area contributed by atoms with Gasteiger partial charge in [0.05, 0.1) is 68.0 Å². The lowest BCUT2D eigenvalue weighted by atomic mass is 9.52. The van der Waals surface area contributed by atoms with Crippen LogP contribution in [0.3, 0.4) is 0 Å². The van der Waals surface area contributed by atoms with Crippen LogP contribution >= 0.6 is 0 Å². The zero-order chi connectivity index (χ0) is 56.4. The molecule has 9 atom stereocenters. The van der Waals surface area contributed by atoms with Crippen LogP contribution in [0.5, 0.6) is 0 Å². The molecule has 3 unspecified atom stereocenters. The van der Waals surface area contributed by atoms with Crippen LogP contribution in [-0.4, -0.2) is 101 Å². The molecule has 6 bridgehead atoms. The molecule has 3 aliphatic carbocycles. The van der Waals surface area contributed by atoms with E-state index in [4.69, 9.17) is 0 Å². The Morgan fingerprint density at radius 1 is 0.347 bits per heavy atom. The summed E-state index contributed by atoms with van der Waals surface area (Å²) < 4.78 is 0. The zero-order valence-corrected chi connectivity index (χ0v) is 45.2. The van der Waals surface area contributed by atoms with Crippen LogP contribution in [-0.2, 0) is 96.1 Å². The number of piperidine rings is 3. The SMILES string of the molecule is CCc1c(CC(=O)NN2C(=O)[C@@]3(C)CC(C)(C(=O)O)C[C@](C)(C3)C2=O)c(CC)c(CC(=O)NN2C(=O)[C@@]3(C)CC(C)(C(=O)O)C[C@](C)(C3)C2=O)c(CC)c1CC(=O)NN1C(=O)[C@@]2(C)CC(C)(C(=O)O)C[C@](C)(C2)C1=O. The van der Waals surface area contributed by atoms with E-state index in [0.29, 0.717) is 48.4 Å². The third kappa shape index (κ3) is 8.98. The van der Waals surface area contributed by atoms with Crippen LogP contribution in [0, 0.1) is 48.7 Å². The fourth-order valence-corrected chi connectivity index (χ4v) is 15.9. The number of fused-ring (bicyclic) bond motifs is 6. The van der Waals surface area contributed by atoms with Gasteiger partial charge in [-0.25, -0.2) is 0 Å². The van der Waals surface area contributed by atoms with Crippen LogP contribution < -0.4 is 16.3 Å². The van der Waals surface area contributed by atoms with Gasteiger partial charge in [0.15, 0.2) is 0 Å². The molecular formula is C54H72N6O15. The summed E-state index contributed by atoms with van der Waals surface area (Å²) in [4.78, 5) is 166. The summed E-state index contributed by atoms with van der Waals surface area (Å²) in [5, 5.41) is 32.4. The lowest BCUT2D eigenvalue weighted by Crippen LogP contribution is -2.68. The minimum atomic E-state index is -1.40. The van der Waals surface area contributed by atoms with Crippen molar-refractivity contribution in [3.05, 3.63) is 33.4 Å². The molecular weight excluding hydrogens is 973 g/mol. The van der Waals surface area contributed by atoms with Crippen LogP contribution in [0.1, 0.15) is 174 Å². The van der Waals surface area contributed by atoms with Crippen LogP contribution in [0.4, 0.5) is 0 Å². The number of nitrogens with zero attached hydrogens (tertiary/aromatic N) is 3. The van der Waals surface area contributed by atoms with Crippen molar-refractivity contribution in [1.29, 1.82) is 0 Å². The highest BCUT2D eigenvalue weighted by Gasteiger charge is 2.67. The molecule has 1 aromatic carbocycles. The number of amides is 9. The molecule has 408 valence electrons. The number of carboxylic acids is 3. The molecule has 6 fully saturated rings. The molecule has 9 amide bonds. The molecule has 3 heterocycles. The first kappa shape index (κ1) is 56.2. The lowest BCUT2D eigenvalue weighted by molar-refractivity contribution is -0.189. The second-order valence-electron chi connectivity index (χ2n) is 25.5. The van der Waals surface area contributed by atoms with E-state index in [9.17, 15) is 72.9 Å². The normalized spacial score (nSPS) is 35.3. The molecule has 3 aliphatic heterocycles. The van der Waals surface area contributed by atoms with Gasteiger partial charge < -0.3 is 15.3 Å². The molecule has 21 heteroatoms. The molecule has 75 heavy (non-hydrogen) atoms. The Morgan fingerprint density at radius 3 is 0.667 bits per heavy atom. The Morgan fingerprint density at radius 2 is 0.520 bits per heavy atom. The van der Waals surface area contributed by atoms with E-state index in [2.05, 4.69) is 16.3 Å². The van der Waals surface area contributed by atoms with E-state index in [0.717, 1.165) is 0 Å². The highest BCUT2D eigenvalue weighted by atomic mass is 16.4. The summed E-state index contributed by atoms with van der Waals surface area (Å²) in [5.41, 5.74) is -2.30. The lowest BCUT2D eigenvalue weighted by Gasteiger charge is -2.54. The van der Waals surface area contributed by atoms with Gasteiger partial charge in [0.2, 0.25) is 17.7 Å². The van der Waals surface area contributed by atoms with Gasteiger partial charge in [0.25, 0.3) is 35.4 Å². The van der Waals surface area contributed by atoms with Gasteiger partial charge in [0, 0.05) is 0 Å². The maximum atomic E-state index is 14.5. The third-order valence-corrected chi connectivity index (χ3v) is 17.9. The summed E-state index contributed by atoms with van der Waals surface area (Å²) in [6.07, 6.45) is -1.39. The standard InChI is InChI=1S/C54H72N6O15/c1-13-28-31(16-34(61)55-58-37(64)46(4)19-47(5,38(58)65)23-52(10,22-46)43(70)71)29(14-2)33(18-36(63)57-60-41(68)50(8)21-51(9,42(60)69)27-54(12,26-50)45(74)75)30(15-3)32(28)17-35(62)56-59-39(66)48(6)20-49(7,40(59)67)25-53(11,24-48)44(72)73/h13-27H2,1-12H3,(H,55,61)(H,56,62)(H,57,63)(H,70,71)(H,72,73)(H,74,75)/t46-,47+,48-,49+,50-,51+,52?,53?,54?. The monoisotopic (exact) mass is 1040 g/mol. The van der Waals surface area contributed by atoms with Gasteiger partial charge in [-0.3, -0.25) is 73.8 Å². The van der Waals surface area contributed by atoms with Crippen molar-refractivity contribution in [3.8, 4) is 0 Å². The first-order chi connectivity index (χ1) is 34.4. The number of carbonyl (C=O) groups excluding carboxylic acids is 9. The third-order valence-electron chi connectivity index (χ3n) is 17.9. The number of benzene rings is 1. The Hall–Kier alpha value is -6.54. The van der Waals surface area contributed by atoms with Gasteiger partial charge >= 0.3 is 17.9 Å². The Balaban J connectivity index is 1.27. The number of carbonyl (C=O) groups is 12. The predicted molar refractivity (Wildman–Crippen MR) is 263 cm³/mol. The number of carboxylic acid groups (broad SMARTS) is 3. The number of nitrogens with one attached hydrogen (secondary N) is 3. The van der Waals surface area contributed by atoms with Crippen molar-refractivity contribution in [2.75, 3.05) is 0 Å². The molecule has 7 rings (SSSR count). The van der Waals surface area contributed by atoms with Gasteiger partial charge in [-0.05, 0) is 131 Å². The number of hydrogen-bond donors (Lipinski definition) is 6. The molecule has 3 saturated carbocycles. The van der Waals surface area contributed by atoms with Crippen molar-refractivity contribution in [2.24, 2.45) is 48.7 Å². The fourth-order valence-electron chi connectivity index (χ4n) is 15.9. The largest absolute Gasteiger partial charge is 0.481 e. The Kier molecular flexibility index (Phi) is 13.5. The molecule has 6 aliphatic rings.